The Kier molecular flexibility index (Phi) is 7.57. The van der Waals surface area contributed by atoms with Crippen molar-refractivity contribution in [2.75, 3.05) is 7.11 Å². The summed E-state index contributed by atoms with van der Waals surface area (Å²) in [5, 5.41) is 9.42. The molecular weight excluding hydrogens is 500 g/mol. The number of aromatic nitrogens is 4. The second kappa shape index (κ2) is 10.3. The number of nitrogens with zero attached hydrogens (tertiary/aromatic N) is 4. The van der Waals surface area contributed by atoms with E-state index in [0.717, 1.165) is 15.3 Å². The molecule has 3 rings (SSSR count). The second-order valence-corrected chi connectivity index (χ2v) is 8.58. The van der Waals surface area contributed by atoms with Crippen molar-refractivity contribution in [2.45, 2.75) is 19.1 Å². The summed E-state index contributed by atoms with van der Waals surface area (Å²) in [6.07, 6.45) is -0.764. The number of aromatic hydroxyl groups is 1. The molecule has 2 unspecified atom stereocenters. The number of esters is 1. The third-order valence-electron chi connectivity index (χ3n) is 5.01. The van der Waals surface area contributed by atoms with Crippen LogP contribution in [0.2, 0.25) is 0 Å². The van der Waals surface area contributed by atoms with Crippen molar-refractivity contribution in [3.8, 4) is 5.75 Å². The summed E-state index contributed by atoms with van der Waals surface area (Å²) >= 11 is 0. The van der Waals surface area contributed by atoms with E-state index in [1.165, 1.54) is 58.5 Å². The van der Waals surface area contributed by atoms with Crippen LogP contribution in [-0.4, -0.2) is 56.4 Å². The van der Waals surface area contributed by atoms with Crippen LogP contribution in [0.4, 0.5) is 0 Å². The Morgan fingerprint density at radius 3 is 2.36 bits per heavy atom. The van der Waals surface area contributed by atoms with Crippen LogP contribution >= 0.6 is 0 Å². The third kappa shape index (κ3) is 5.76. The Hall–Kier alpha value is -4.08. The fourth-order valence-electron chi connectivity index (χ4n) is 3.22. The molecule has 2 atom stereocenters. The number of carbonyl (C=O) groups is 1. The van der Waals surface area contributed by atoms with E-state index >= 15 is 0 Å². The molecular formula is C21H22N4O10S. The molecule has 0 radical (unpaired) electrons. The number of fused-ring (bicyclic) bond motifs is 1. The van der Waals surface area contributed by atoms with E-state index in [1.54, 1.807) is 0 Å². The van der Waals surface area contributed by atoms with Gasteiger partial charge < -0.3 is 14.6 Å². The highest BCUT2D eigenvalue weighted by atomic mass is 32.3. The van der Waals surface area contributed by atoms with Crippen LogP contribution in [0.1, 0.15) is 24.3 Å². The molecule has 1 aromatic carbocycles. The maximum absolute atomic E-state index is 12.9. The van der Waals surface area contributed by atoms with Crippen LogP contribution in [0.5, 0.6) is 5.75 Å². The highest BCUT2D eigenvalue weighted by molar-refractivity contribution is 7.80. The molecule has 14 nitrogen and oxygen atoms in total. The first-order valence-corrected chi connectivity index (χ1v) is 11.5. The Labute approximate surface area is 204 Å². The number of phenols is 1. The fraction of sp³-hybridized carbons (Fsp3) is 0.286. The Balaban J connectivity index is 2.08. The summed E-state index contributed by atoms with van der Waals surface area (Å²) in [7, 11) is -1.18. The van der Waals surface area contributed by atoms with Gasteiger partial charge in [0.05, 0.1) is 13.3 Å². The Bertz CT molecular complexity index is 1560. The fourth-order valence-corrected chi connectivity index (χ4v) is 3.70. The first kappa shape index (κ1) is 26.5. The first-order valence-electron chi connectivity index (χ1n) is 10.2. The van der Waals surface area contributed by atoms with E-state index in [1.807, 2.05) is 0 Å². The zero-order valence-corrected chi connectivity index (χ0v) is 20.3. The number of phenolic OH excluding ortho intramolecular Hbond substituents is 1. The van der Waals surface area contributed by atoms with Crippen LogP contribution < -0.4 is 11.2 Å². The molecule has 0 fully saturated rings. The third-order valence-corrected chi connectivity index (χ3v) is 5.55. The SMILES string of the molecule is COC(=Cc1ccc(O)cc1)C(=O)OC(c1cnc2c(n1)c(=O)n(C)c(=O)n2C)C(C)OS(=O)(=O)O. The molecule has 0 aliphatic rings. The molecule has 2 N–H and O–H groups in total. The average Bonchev–Trinajstić information content (AvgIpc) is 2.82. The molecule has 192 valence electrons. The maximum Gasteiger partial charge on any atom is 0.397 e. The smallest absolute Gasteiger partial charge is 0.397 e. The van der Waals surface area contributed by atoms with Crippen LogP contribution in [0.25, 0.3) is 17.2 Å². The first-order chi connectivity index (χ1) is 16.8. The van der Waals surface area contributed by atoms with E-state index in [9.17, 15) is 27.9 Å². The predicted octanol–water partition coefficient (Wildman–Crippen LogP) is 0.213. The molecule has 2 aromatic heterocycles. The lowest BCUT2D eigenvalue weighted by atomic mass is 10.1. The zero-order chi connectivity index (χ0) is 26.8. The van der Waals surface area contributed by atoms with Crippen LogP contribution in [0, 0.1) is 0 Å². The number of methoxy groups -OCH3 is 1. The van der Waals surface area contributed by atoms with E-state index in [0.29, 0.717) is 5.56 Å². The summed E-state index contributed by atoms with van der Waals surface area (Å²) in [6, 6.07) is 5.76. The number of aryl methyl sites for hydroxylation is 1. The number of benzene rings is 1. The normalized spacial score (nSPS) is 13.9. The van der Waals surface area contributed by atoms with Gasteiger partial charge >= 0.3 is 22.1 Å². The minimum absolute atomic E-state index is 0.00321. The molecule has 36 heavy (non-hydrogen) atoms. The molecule has 0 aliphatic heterocycles. The van der Waals surface area contributed by atoms with Gasteiger partial charge in [-0.05, 0) is 30.7 Å². The number of carbonyl (C=O) groups excluding carboxylic acids is 1. The number of rotatable bonds is 8. The number of ether oxygens (including phenoxy) is 2. The summed E-state index contributed by atoms with van der Waals surface area (Å²) in [6.45, 7) is 1.17. The van der Waals surface area contributed by atoms with Crippen LogP contribution in [-0.2, 0) is 42.9 Å². The lowest BCUT2D eigenvalue weighted by Crippen LogP contribution is -2.38. The van der Waals surface area contributed by atoms with Gasteiger partial charge in [0.2, 0.25) is 5.76 Å². The van der Waals surface area contributed by atoms with E-state index in [2.05, 4.69) is 14.2 Å². The van der Waals surface area contributed by atoms with Crippen molar-refractivity contribution in [1.29, 1.82) is 0 Å². The topological polar surface area (TPSA) is 189 Å². The zero-order valence-electron chi connectivity index (χ0n) is 19.5. The van der Waals surface area contributed by atoms with E-state index in [-0.39, 0.29) is 28.4 Å². The van der Waals surface area contributed by atoms with Crippen molar-refractivity contribution in [3.05, 3.63) is 68.3 Å². The van der Waals surface area contributed by atoms with Crippen molar-refractivity contribution in [3.63, 3.8) is 0 Å². The standard InChI is InChI=1S/C21H22N4O10S/c1-11(35-36(30,31)32)17(34-20(28)15(33-4)9-12-5-7-13(26)8-6-12)14-10-22-18-16(23-14)19(27)25(3)21(29)24(18)2/h5-11,17,26H,1-4H3,(H,30,31,32). The van der Waals surface area contributed by atoms with Gasteiger partial charge in [-0.1, -0.05) is 12.1 Å². The van der Waals surface area contributed by atoms with Crippen molar-refractivity contribution < 1.29 is 36.5 Å². The van der Waals surface area contributed by atoms with Crippen molar-refractivity contribution >= 4 is 33.6 Å². The Morgan fingerprint density at radius 2 is 1.78 bits per heavy atom. The molecule has 0 saturated carbocycles. The molecule has 0 aliphatic carbocycles. The minimum atomic E-state index is -4.98. The highest BCUT2D eigenvalue weighted by Gasteiger charge is 2.32. The summed E-state index contributed by atoms with van der Waals surface area (Å²) in [5.74, 6) is -1.38. The summed E-state index contributed by atoms with van der Waals surface area (Å²) < 4.78 is 48.7. The second-order valence-electron chi connectivity index (χ2n) is 7.53. The molecule has 15 heteroatoms. The highest BCUT2D eigenvalue weighted by Crippen LogP contribution is 2.25. The molecule has 2 heterocycles. The van der Waals surface area contributed by atoms with Gasteiger partial charge in [0, 0.05) is 14.1 Å². The van der Waals surface area contributed by atoms with Gasteiger partial charge in [-0.2, -0.15) is 8.42 Å². The van der Waals surface area contributed by atoms with Gasteiger partial charge in [0.15, 0.2) is 17.3 Å². The maximum atomic E-state index is 12.9. The predicted molar refractivity (Wildman–Crippen MR) is 124 cm³/mol. The van der Waals surface area contributed by atoms with Crippen molar-refractivity contribution in [2.24, 2.45) is 14.1 Å². The lowest BCUT2D eigenvalue weighted by Gasteiger charge is -2.23. The molecule has 0 bridgehead atoms. The van der Waals surface area contributed by atoms with Crippen LogP contribution in [0.3, 0.4) is 0 Å². The van der Waals surface area contributed by atoms with Gasteiger partial charge in [-0.15, -0.1) is 0 Å². The summed E-state index contributed by atoms with van der Waals surface area (Å²) in [4.78, 5) is 45.8. The van der Waals surface area contributed by atoms with Gasteiger partial charge in [0.1, 0.15) is 17.5 Å². The lowest BCUT2D eigenvalue weighted by molar-refractivity contribution is -0.153. The Morgan fingerprint density at radius 1 is 1.14 bits per heavy atom. The molecule has 0 saturated heterocycles. The van der Waals surface area contributed by atoms with Crippen molar-refractivity contribution in [1.82, 2.24) is 19.1 Å². The quantitative estimate of drug-likeness (QED) is 0.177. The largest absolute Gasteiger partial charge is 0.508 e. The molecule has 0 amide bonds. The number of hydrogen-bond acceptors (Lipinski definition) is 11. The minimum Gasteiger partial charge on any atom is -0.508 e. The number of hydrogen-bond donors (Lipinski definition) is 2. The van der Waals surface area contributed by atoms with Gasteiger partial charge in [0.25, 0.3) is 5.56 Å². The summed E-state index contributed by atoms with van der Waals surface area (Å²) in [5.41, 5.74) is -1.50. The van der Waals surface area contributed by atoms with E-state index in [4.69, 9.17) is 14.0 Å². The average molecular weight is 522 g/mol. The van der Waals surface area contributed by atoms with Gasteiger partial charge in [-0.3, -0.25) is 18.5 Å². The van der Waals surface area contributed by atoms with Gasteiger partial charge in [-0.25, -0.2) is 23.7 Å². The molecule has 0 spiro atoms. The molecule has 3 aromatic rings. The van der Waals surface area contributed by atoms with E-state index < -0.39 is 39.8 Å². The monoisotopic (exact) mass is 522 g/mol. The van der Waals surface area contributed by atoms with Crippen LogP contribution in [0.15, 0.2) is 45.8 Å².